The van der Waals surface area contributed by atoms with Crippen LogP contribution in [0.3, 0.4) is 0 Å². The van der Waals surface area contributed by atoms with Crippen molar-refractivity contribution in [1.82, 2.24) is 9.47 Å². The molecule has 116 valence electrons. The predicted molar refractivity (Wildman–Crippen MR) is 86.0 cm³/mol. The summed E-state index contributed by atoms with van der Waals surface area (Å²) < 4.78 is 2.79. The van der Waals surface area contributed by atoms with Gasteiger partial charge < -0.3 is 4.57 Å². The van der Waals surface area contributed by atoms with Crippen molar-refractivity contribution in [1.29, 1.82) is 0 Å². The monoisotopic (exact) mass is 354 g/mol. The zero-order chi connectivity index (χ0) is 15.8. The summed E-state index contributed by atoms with van der Waals surface area (Å²) in [5.41, 5.74) is 0.628. The number of amides is 2. The lowest BCUT2D eigenvalue weighted by Crippen LogP contribution is -2.34. The molecule has 0 spiro atoms. The molecule has 1 aliphatic heterocycles. The lowest BCUT2D eigenvalue weighted by Gasteiger charge is -2.26. The van der Waals surface area contributed by atoms with Crippen LogP contribution >= 0.6 is 15.9 Å². The Kier molecular flexibility index (Phi) is 4.61. The molecule has 0 aromatic carbocycles. The Morgan fingerprint density at radius 2 is 2.10 bits per heavy atom. The van der Waals surface area contributed by atoms with Gasteiger partial charge >= 0.3 is 0 Å². The first-order chi connectivity index (χ1) is 9.74. The highest BCUT2D eigenvalue weighted by Crippen LogP contribution is 2.35. The van der Waals surface area contributed by atoms with Crippen LogP contribution in [0.2, 0.25) is 0 Å². The molecule has 1 unspecified atom stereocenters. The normalized spacial score (nSPS) is 19.4. The van der Waals surface area contributed by atoms with E-state index in [9.17, 15) is 9.59 Å². The molecule has 0 aliphatic carbocycles. The van der Waals surface area contributed by atoms with Gasteiger partial charge in [-0.25, -0.2) is 0 Å². The maximum atomic E-state index is 12.7. The third-order valence-corrected chi connectivity index (χ3v) is 4.58. The molecule has 2 amide bonds. The molecule has 4 nitrogen and oxygen atoms in total. The van der Waals surface area contributed by atoms with E-state index in [1.165, 1.54) is 4.90 Å². The SMILES string of the molecule is CCCn1cc(Br)cc1C(=O)N1CC(C(C)(C)C)CC1=O. The van der Waals surface area contributed by atoms with Crippen molar-refractivity contribution < 1.29 is 9.59 Å². The highest BCUT2D eigenvalue weighted by Gasteiger charge is 2.40. The number of nitrogens with zero attached hydrogens (tertiary/aromatic N) is 2. The molecular formula is C16H23BrN2O2. The van der Waals surface area contributed by atoms with Crippen LogP contribution in [0.1, 0.15) is 51.0 Å². The van der Waals surface area contributed by atoms with Gasteiger partial charge in [-0.2, -0.15) is 0 Å². The second kappa shape index (κ2) is 5.95. The van der Waals surface area contributed by atoms with Crippen molar-refractivity contribution >= 4 is 27.7 Å². The van der Waals surface area contributed by atoms with Gasteiger partial charge in [0.15, 0.2) is 0 Å². The van der Waals surface area contributed by atoms with E-state index in [0.29, 0.717) is 18.7 Å². The van der Waals surface area contributed by atoms with Crippen molar-refractivity contribution in [2.45, 2.75) is 47.1 Å². The van der Waals surface area contributed by atoms with Crippen LogP contribution in [0, 0.1) is 11.3 Å². The number of aryl methyl sites for hydroxylation is 1. The van der Waals surface area contributed by atoms with E-state index in [1.54, 1.807) is 6.07 Å². The Labute approximate surface area is 134 Å². The maximum absolute atomic E-state index is 12.7. The molecule has 0 bridgehead atoms. The maximum Gasteiger partial charge on any atom is 0.277 e. The highest BCUT2D eigenvalue weighted by atomic mass is 79.9. The van der Waals surface area contributed by atoms with Gasteiger partial charge in [0.25, 0.3) is 5.91 Å². The Morgan fingerprint density at radius 1 is 1.43 bits per heavy atom. The zero-order valence-electron chi connectivity index (χ0n) is 13.1. The number of carbonyl (C=O) groups is 2. The van der Waals surface area contributed by atoms with Gasteiger partial charge in [-0.1, -0.05) is 27.7 Å². The van der Waals surface area contributed by atoms with E-state index >= 15 is 0 Å². The topological polar surface area (TPSA) is 42.3 Å². The number of rotatable bonds is 3. The summed E-state index contributed by atoms with van der Waals surface area (Å²) in [5.74, 6) is -0.00169. The summed E-state index contributed by atoms with van der Waals surface area (Å²) in [7, 11) is 0. The van der Waals surface area contributed by atoms with E-state index in [2.05, 4.69) is 43.6 Å². The van der Waals surface area contributed by atoms with Crippen molar-refractivity contribution in [3.63, 3.8) is 0 Å². The second-order valence-electron chi connectivity index (χ2n) is 6.81. The molecule has 2 rings (SSSR count). The standard InChI is InChI=1S/C16H23BrN2O2/c1-5-6-18-10-12(17)8-13(18)15(21)19-9-11(7-14(19)20)16(2,3)4/h8,10-11H,5-7,9H2,1-4H3. The molecule has 1 atom stereocenters. The van der Waals surface area contributed by atoms with Crippen LogP contribution in [0.4, 0.5) is 0 Å². The van der Waals surface area contributed by atoms with E-state index < -0.39 is 0 Å². The first-order valence-electron chi connectivity index (χ1n) is 7.44. The van der Waals surface area contributed by atoms with Gasteiger partial charge in [0.05, 0.1) is 0 Å². The van der Waals surface area contributed by atoms with Crippen LogP contribution in [-0.4, -0.2) is 27.8 Å². The minimum Gasteiger partial charge on any atom is -0.342 e. The Bertz CT molecular complexity index is 557. The fourth-order valence-electron chi connectivity index (χ4n) is 2.70. The number of hydrogen-bond donors (Lipinski definition) is 0. The Balaban J connectivity index is 2.23. The second-order valence-corrected chi connectivity index (χ2v) is 7.73. The summed E-state index contributed by atoms with van der Waals surface area (Å²) >= 11 is 3.41. The van der Waals surface area contributed by atoms with Gasteiger partial charge in [0.1, 0.15) is 5.69 Å². The van der Waals surface area contributed by atoms with Gasteiger partial charge in [0, 0.05) is 30.2 Å². The molecule has 1 aliphatic rings. The Morgan fingerprint density at radius 3 is 2.62 bits per heavy atom. The average molecular weight is 355 g/mol. The smallest absolute Gasteiger partial charge is 0.277 e. The number of likely N-dealkylation sites (tertiary alicyclic amines) is 1. The van der Waals surface area contributed by atoms with E-state index in [1.807, 2.05) is 10.8 Å². The van der Waals surface area contributed by atoms with Gasteiger partial charge in [-0.3, -0.25) is 14.5 Å². The van der Waals surface area contributed by atoms with Gasteiger partial charge in [-0.15, -0.1) is 0 Å². The van der Waals surface area contributed by atoms with Crippen LogP contribution in [0.25, 0.3) is 0 Å². The fraction of sp³-hybridized carbons (Fsp3) is 0.625. The summed E-state index contributed by atoms with van der Waals surface area (Å²) in [4.78, 5) is 26.3. The van der Waals surface area contributed by atoms with Crippen LogP contribution in [0.5, 0.6) is 0 Å². The van der Waals surface area contributed by atoms with Gasteiger partial charge in [0.2, 0.25) is 5.91 Å². The summed E-state index contributed by atoms with van der Waals surface area (Å²) in [6, 6.07) is 1.80. The first-order valence-corrected chi connectivity index (χ1v) is 8.23. The molecule has 0 saturated carbocycles. The number of imide groups is 1. The fourth-order valence-corrected chi connectivity index (χ4v) is 3.17. The van der Waals surface area contributed by atoms with E-state index in [-0.39, 0.29) is 23.1 Å². The number of halogens is 1. The Hall–Kier alpha value is -1.10. The van der Waals surface area contributed by atoms with Crippen LogP contribution in [0.15, 0.2) is 16.7 Å². The first kappa shape index (κ1) is 16.3. The predicted octanol–water partition coefficient (Wildman–Crippen LogP) is 3.70. The van der Waals surface area contributed by atoms with Crippen LogP contribution in [-0.2, 0) is 11.3 Å². The third-order valence-electron chi connectivity index (χ3n) is 4.14. The highest BCUT2D eigenvalue weighted by molar-refractivity contribution is 9.10. The molecule has 0 N–H and O–H groups in total. The van der Waals surface area contributed by atoms with E-state index in [4.69, 9.17) is 0 Å². The third kappa shape index (κ3) is 3.39. The molecule has 0 radical (unpaired) electrons. The molecule has 5 heteroatoms. The van der Waals surface area contributed by atoms with E-state index in [0.717, 1.165) is 17.4 Å². The summed E-state index contributed by atoms with van der Waals surface area (Å²) in [6.45, 7) is 9.73. The number of hydrogen-bond acceptors (Lipinski definition) is 2. The van der Waals surface area contributed by atoms with Crippen LogP contribution < -0.4 is 0 Å². The zero-order valence-corrected chi connectivity index (χ0v) is 14.7. The molecule has 1 saturated heterocycles. The molecule has 2 heterocycles. The summed E-state index contributed by atoms with van der Waals surface area (Å²) in [6.07, 6.45) is 3.31. The van der Waals surface area contributed by atoms with Crippen molar-refractivity contribution in [3.8, 4) is 0 Å². The number of carbonyl (C=O) groups excluding carboxylic acids is 2. The largest absolute Gasteiger partial charge is 0.342 e. The molecule has 1 fully saturated rings. The minimum absolute atomic E-state index is 0.0384. The quantitative estimate of drug-likeness (QED) is 0.776. The van der Waals surface area contributed by atoms with Crippen molar-refractivity contribution in [2.75, 3.05) is 6.54 Å². The lowest BCUT2D eigenvalue weighted by atomic mass is 9.80. The molecular weight excluding hydrogens is 332 g/mol. The van der Waals surface area contributed by atoms with Crippen molar-refractivity contribution in [2.24, 2.45) is 11.3 Å². The minimum atomic E-state index is -0.175. The molecule has 1 aromatic rings. The molecule has 21 heavy (non-hydrogen) atoms. The average Bonchev–Trinajstić information content (AvgIpc) is 2.92. The summed E-state index contributed by atoms with van der Waals surface area (Å²) in [5, 5.41) is 0. The molecule has 1 aromatic heterocycles. The van der Waals surface area contributed by atoms with Crippen molar-refractivity contribution in [3.05, 3.63) is 22.4 Å². The number of aromatic nitrogens is 1. The lowest BCUT2D eigenvalue weighted by molar-refractivity contribution is -0.125. The van der Waals surface area contributed by atoms with Gasteiger partial charge in [-0.05, 0) is 39.8 Å².